The van der Waals surface area contributed by atoms with Gasteiger partial charge in [-0.15, -0.1) is 0 Å². The van der Waals surface area contributed by atoms with Gasteiger partial charge in [-0.25, -0.2) is 9.78 Å². The molecule has 3 rings (SSSR count). The van der Waals surface area contributed by atoms with Crippen molar-refractivity contribution in [1.82, 2.24) is 9.97 Å². The molecule has 0 bridgehead atoms. The average molecular weight is 190 g/mol. The van der Waals surface area contributed by atoms with Crippen LogP contribution < -0.4 is 15.2 Å². The van der Waals surface area contributed by atoms with E-state index in [9.17, 15) is 4.79 Å². The molecule has 70 valence electrons. The fourth-order valence-electron chi connectivity index (χ4n) is 1.50. The highest BCUT2D eigenvalue weighted by atomic mass is 16.7. The lowest BCUT2D eigenvalue weighted by Gasteiger charge is -2.00. The molecule has 0 spiro atoms. The predicted octanol–water partition coefficient (Wildman–Crippen LogP) is 0.652. The van der Waals surface area contributed by atoms with Crippen LogP contribution in [0.15, 0.2) is 23.1 Å². The zero-order valence-corrected chi connectivity index (χ0v) is 7.11. The second kappa shape index (κ2) is 2.47. The Hall–Kier alpha value is -2.04. The van der Waals surface area contributed by atoms with Crippen LogP contribution in [-0.2, 0) is 0 Å². The first-order valence-corrected chi connectivity index (χ1v) is 4.12. The van der Waals surface area contributed by atoms with Gasteiger partial charge in [0.25, 0.3) is 0 Å². The zero-order chi connectivity index (χ0) is 9.54. The third kappa shape index (κ3) is 0.891. The van der Waals surface area contributed by atoms with Crippen molar-refractivity contribution in [1.29, 1.82) is 0 Å². The van der Waals surface area contributed by atoms with Gasteiger partial charge >= 0.3 is 5.69 Å². The van der Waals surface area contributed by atoms with Crippen LogP contribution in [0.4, 0.5) is 0 Å². The minimum absolute atomic E-state index is 0.216. The molecule has 5 heteroatoms. The summed E-state index contributed by atoms with van der Waals surface area (Å²) in [5.74, 6) is 1.33. The van der Waals surface area contributed by atoms with Gasteiger partial charge in [-0.1, -0.05) is 0 Å². The molecule has 1 N–H and O–H groups in total. The zero-order valence-electron chi connectivity index (χ0n) is 7.11. The van der Waals surface area contributed by atoms with Crippen LogP contribution in [0.25, 0.3) is 10.9 Å². The van der Waals surface area contributed by atoms with E-state index in [4.69, 9.17) is 9.47 Å². The largest absolute Gasteiger partial charge is 0.454 e. The lowest BCUT2D eigenvalue weighted by molar-refractivity contribution is 0.175. The van der Waals surface area contributed by atoms with E-state index in [0.717, 1.165) is 5.39 Å². The molecule has 2 heterocycles. The summed E-state index contributed by atoms with van der Waals surface area (Å²) in [7, 11) is 0. The monoisotopic (exact) mass is 190 g/mol. The molecule has 0 radical (unpaired) electrons. The Morgan fingerprint density at radius 3 is 3.21 bits per heavy atom. The molecule has 0 saturated carbocycles. The highest BCUT2D eigenvalue weighted by Gasteiger charge is 2.16. The molecule has 1 aromatic heterocycles. The molecule has 0 fully saturated rings. The van der Waals surface area contributed by atoms with Crippen molar-refractivity contribution < 1.29 is 9.47 Å². The SMILES string of the molecule is O=c1ncc2c3c(ccc2[nH]1)OCO3. The summed E-state index contributed by atoms with van der Waals surface area (Å²) in [6, 6.07) is 3.53. The molecule has 0 unspecified atom stereocenters. The average Bonchev–Trinajstić information content (AvgIpc) is 2.65. The van der Waals surface area contributed by atoms with Crippen molar-refractivity contribution in [2.45, 2.75) is 0 Å². The Balaban J connectivity index is 2.44. The molecule has 2 aromatic rings. The summed E-state index contributed by atoms with van der Waals surface area (Å²) in [5, 5.41) is 0.764. The number of H-pyrrole nitrogens is 1. The molecular formula is C9H6N2O3. The van der Waals surface area contributed by atoms with Crippen LogP contribution in [-0.4, -0.2) is 16.8 Å². The van der Waals surface area contributed by atoms with Gasteiger partial charge in [0.05, 0.1) is 10.9 Å². The lowest BCUT2D eigenvalue weighted by Crippen LogP contribution is -2.08. The number of rotatable bonds is 0. The van der Waals surface area contributed by atoms with E-state index in [1.807, 2.05) is 0 Å². The summed E-state index contributed by atoms with van der Waals surface area (Å²) in [6.45, 7) is 0.216. The Morgan fingerprint density at radius 2 is 2.29 bits per heavy atom. The van der Waals surface area contributed by atoms with Gasteiger partial charge in [0.15, 0.2) is 11.5 Å². The van der Waals surface area contributed by atoms with E-state index in [-0.39, 0.29) is 12.5 Å². The van der Waals surface area contributed by atoms with Crippen molar-refractivity contribution in [2.24, 2.45) is 0 Å². The lowest BCUT2D eigenvalue weighted by atomic mass is 10.2. The van der Waals surface area contributed by atoms with Crippen LogP contribution in [0.2, 0.25) is 0 Å². The third-order valence-corrected chi connectivity index (χ3v) is 2.13. The van der Waals surface area contributed by atoms with Crippen LogP contribution in [0, 0.1) is 0 Å². The van der Waals surface area contributed by atoms with E-state index in [0.29, 0.717) is 17.0 Å². The van der Waals surface area contributed by atoms with E-state index in [2.05, 4.69) is 9.97 Å². The summed E-state index contributed by atoms with van der Waals surface area (Å²) in [5.41, 5.74) is 0.339. The van der Waals surface area contributed by atoms with E-state index < -0.39 is 0 Å². The van der Waals surface area contributed by atoms with Crippen molar-refractivity contribution in [3.63, 3.8) is 0 Å². The normalized spacial score (nSPS) is 13.4. The number of ether oxygens (including phenoxy) is 2. The standard InChI is InChI=1S/C9H6N2O3/c12-9-10-3-5-6(11-9)1-2-7-8(5)14-4-13-7/h1-3H,4H2,(H,10,11,12). The van der Waals surface area contributed by atoms with E-state index in [1.54, 1.807) is 12.1 Å². The number of hydrogen-bond donors (Lipinski definition) is 1. The summed E-state index contributed by atoms with van der Waals surface area (Å²) >= 11 is 0. The molecule has 0 atom stereocenters. The third-order valence-electron chi connectivity index (χ3n) is 2.13. The second-order valence-corrected chi connectivity index (χ2v) is 2.95. The highest BCUT2D eigenvalue weighted by molar-refractivity contribution is 5.87. The first kappa shape index (κ1) is 7.37. The summed E-state index contributed by atoms with van der Waals surface area (Å²) in [4.78, 5) is 17.2. The van der Waals surface area contributed by atoms with Gasteiger partial charge in [-0.05, 0) is 12.1 Å². The molecule has 0 aliphatic carbocycles. The van der Waals surface area contributed by atoms with Gasteiger partial charge in [0.2, 0.25) is 6.79 Å². The molecule has 0 amide bonds. The van der Waals surface area contributed by atoms with Crippen LogP contribution in [0.3, 0.4) is 0 Å². The number of fused-ring (bicyclic) bond motifs is 3. The first-order chi connectivity index (χ1) is 6.84. The number of benzene rings is 1. The minimum atomic E-state index is -0.364. The fourth-order valence-corrected chi connectivity index (χ4v) is 1.50. The van der Waals surface area contributed by atoms with Crippen molar-refractivity contribution in [3.05, 3.63) is 28.8 Å². The van der Waals surface area contributed by atoms with Crippen LogP contribution in [0.5, 0.6) is 11.5 Å². The first-order valence-electron chi connectivity index (χ1n) is 4.12. The summed E-state index contributed by atoms with van der Waals surface area (Å²) < 4.78 is 10.5. The van der Waals surface area contributed by atoms with Gasteiger partial charge < -0.3 is 14.5 Å². The molecule has 14 heavy (non-hydrogen) atoms. The van der Waals surface area contributed by atoms with E-state index in [1.165, 1.54) is 6.20 Å². The van der Waals surface area contributed by atoms with E-state index >= 15 is 0 Å². The maximum absolute atomic E-state index is 10.9. The van der Waals surface area contributed by atoms with Crippen LogP contribution in [0.1, 0.15) is 0 Å². The van der Waals surface area contributed by atoms with Crippen molar-refractivity contribution in [2.75, 3.05) is 6.79 Å². The number of hydrogen-bond acceptors (Lipinski definition) is 4. The molecule has 1 aliphatic heterocycles. The molecule has 1 aromatic carbocycles. The molecule has 5 nitrogen and oxygen atoms in total. The maximum atomic E-state index is 10.9. The number of aromatic nitrogens is 2. The number of nitrogens with one attached hydrogen (secondary N) is 1. The number of nitrogens with zero attached hydrogens (tertiary/aromatic N) is 1. The van der Waals surface area contributed by atoms with Crippen molar-refractivity contribution >= 4 is 10.9 Å². The minimum Gasteiger partial charge on any atom is -0.454 e. The smallest absolute Gasteiger partial charge is 0.345 e. The highest BCUT2D eigenvalue weighted by Crippen LogP contribution is 2.37. The Bertz CT molecular complexity index is 561. The van der Waals surface area contributed by atoms with Gasteiger partial charge in [0, 0.05) is 6.20 Å². The van der Waals surface area contributed by atoms with Gasteiger partial charge in [0.1, 0.15) is 0 Å². The second-order valence-electron chi connectivity index (χ2n) is 2.95. The van der Waals surface area contributed by atoms with Gasteiger partial charge in [-0.2, -0.15) is 0 Å². The Kier molecular flexibility index (Phi) is 1.30. The van der Waals surface area contributed by atoms with Crippen molar-refractivity contribution in [3.8, 4) is 11.5 Å². The Labute approximate surface area is 78.3 Å². The Morgan fingerprint density at radius 1 is 1.36 bits per heavy atom. The van der Waals surface area contributed by atoms with Crippen LogP contribution >= 0.6 is 0 Å². The summed E-state index contributed by atoms with van der Waals surface area (Å²) in [6.07, 6.45) is 1.49. The molecule has 0 saturated heterocycles. The molecule has 1 aliphatic rings. The maximum Gasteiger partial charge on any atom is 0.345 e. The fraction of sp³-hybridized carbons (Fsp3) is 0.111. The quantitative estimate of drug-likeness (QED) is 0.662. The topological polar surface area (TPSA) is 64.2 Å². The molecular weight excluding hydrogens is 184 g/mol. The number of aromatic amines is 1. The predicted molar refractivity (Wildman–Crippen MR) is 48.5 cm³/mol. The van der Waals surface area contributed by atoms with Gasteiger partial charge in [-0.3, -0.25) is 0 Å².